The van der Waals surface area contributed by atoms with Gasteiger partial charge in [-0.05, 0) is 12.5 Å². The summed E-state index contributed by atoms with van der Waals surface area (Å²) in [5.74, 6) is 0.162. The number of hydrogen-bond donors (Lipinski definition) is 1. The van der Waals surface area contributed by atoms with Crippen LogP contribution in [0.15, 0.2) is 29.3 Å². The third-order valence-electron chi connectivity index (χ3n) is 3.06. The second-order valence-corrected chi connectivity index (χ2v) is 4.49. The summed E-state index contributed by atoms with van der Waals surface area (Å²) in [7, 11) is 0. The second-order valence-electron chi connectivity index (χ2n) is 4.49. The molecule has 1 atom stereocenters. The summed E-state index contributed by atoms with van der Waals surface area (Å²) < 4.78 is 41.4. The van der Waals surface area contributed by atoms with E-state index in [1.54, 1.807) is 17.0 Å². The lowest BCUT2D eigenvalue weighted by Gasteiger charge is -2.27. The Morgan fingerprint density at radius 2 is 2.10 bits per heavy atom. The van der Waals surface area contributed by atoms with Gasteiger partial charge in [-0.3, -0.25) is 4.99 Å². The van der Waals surface area contributed by atoms with E-state index in [-0.39, 0.29) is 11.8 Å². The Labute approximate surface area is 115 Å². The molecule has 0 bridgehead atoms. The molecule has 1 heterocycles. The van der Waals surface area contributed by atoms with Gasteiger partial charge in [0.2, 0.25) is 0 Å². The van der Waals surface area contributed by atoms with Gasteiger partial charge in [-0.15, -0.1) is 13.2 Å². The van der Waals surface area contributed by atoms with E-state index in [9.17, 15) is 13.2 Å². The Morgan fingerprint density at radius 1 is 1.40 bits per heavy atom. The molecule has 1 aliphatic rings. The largest absolute Gasteiger partial charge is 0.573 e. The number of aliphatic imine (C=N–C) groups is 1. The molecule has 1 aliphatic heterocycles. The molecular weight excluding hydrogens is 271 g/mol. The van der Waals surface area contributed by atoms with E-state index in [4.69, 9.17) is 5.73 Å². The van der Waals surface area contributed by atoms with Crippen LogP contribution in [0.4, 0.5) is 13.2 Å². The molecule has 0 aromatic heterocycles. The lowest BCUT2D eigenvalue weighted by Crippen LogP contribution is -2.36. The lowest BCUT2D eigenvalue weighted by molar-refractivity contribution is -0.275. The summed E-state index contributed by atoms with van der Waals surface area (Å²) in [6.07, 6.45) is -3.88. The normalized spacial score (nSPS) is 19.1. The van der Waals surface area contributed by atoms with Gasteiger partial charge in [-0.2, -0.15) is 0 Å². The van der Waals surface area contributed by atoms with Gasteiger partial charge in [0.05, 0.1) is 12.6 Å². The molecule has 0 saturated carbocycles. The third-order valence-corrected chi connectivity index (χ3v) is 3.06. The minimum absolute atomic E-state index is 0.198. The summed E-state index contributed by atoms with van der Waals surface area (Å²) in [5.41, 5.74) is 6.23. The van der Waals surface area contributed by atoms with Gasteiger partial charge >= 0.3 is 6.36 Å². The predicted molar refractivity (Wildman–Crippen MR) is 69.4 cm³/mol. The molecule has 2 rings (SSSR count). The molecule has 1 aromatic carbocycles. The van der Waals surface area contributed by atoms with Gasteiger partial charge in [-0.1, -0.05) is 25.1 Å². The first-order valence-corrected chi connectivity index (χ1v) is 6.33. The highest BCUT2D eigenvalue weighted by molar-refractivity contribution is 5.80. The van der Waals surface area contributed by atoms with Gasteiger partial charge in [0, 0.05) is 12.1 Å². The Kier molecular flexibility index (Phi) is 4.06. The molecule has 0 fully saturated rings. The summed E-state index contributed by atoms with van der Waals surface area (Å²) >= 11 is 0. The quantitative estimate of drug-likeness (QED) is 0.926. The lowest BCUT2D eigenvalue weighted by atomic mass is 10.0. The zero-order valence-electron chi connectivity index (χ0n) is 11.0. The highest BCUT2D eigenvalue weighted by atomic mass is 19.4. The second kappa shape index (κ2) is 5.60. The number of benzene rings is 1. The van der Waals surface area contributed by atoms with Crippen molar-refractivity contribution in [3.8, 4) is 5.75 Å². The van der Waals surface area contributed by atoms with Crippen LogP contribution in [0, 0.1) is 0 Å². The van der Waals surface area contributed by atoms with E-state index in [1.165, 1.54) is 12.1 Å². The number of ether oxygens (including phenoxy) is 1. The van der Waals surface area contributed by atoms with E-state index in [0.717, 1.165) is 6.42 Å². The van der Waals surface area contributed by atoms with Crippen molar-refractivity contribution in [2.24, 2.45) is 10.7 Å². The number of nitrogens with zero attached hydrogens (tertiary/aromatic N) is 2. The summed E-state index contributed by atoms with van der Waals surface area (Å²) in [6.45, 7) is 2.95. The van der Waals surface area contributed by atoms with E-state index < -0.39 is 6.36 Å². The number of alkyl halides is 3. The number of hydrogen-bond acceptors (Lipinski definition) is 4. The minimum atomic E-state index is -4.71. The fraction of sp³-hybridized carbons (Fsp3) is 0.462. The van der Waals surface area contributed by atoms with E-state index in [1.807, 2.05) is 6.92 Å². The zero-order valence-corrected chi connectivity index (χ0v) is 11.0. The van der Waals surface area contributed by atoms with Crippen molar-refractivity contribution < 1.29 is 17.9 Å². The van der Waals surface area contributed by atoms with Crippen molar-refractivity contribution in [1.82, 2.24) is 4.90 Å². The minimum Gasteiger partial charge on any atom is -0.405 e. The molecule has 1 unspecified atom stereocenters. The van der Waals surface area contributed by atoms with E-state index >= 15 is 0 Å². The van der Waals surface area contributed by atoms with Crippen LogP contribution in [0.5, 0.6) is 5.75 Å². The number of para-hydroxylation sites is 1. The van der Waals surface area contributed by atoms with Crippen LogP contribution in [0.1, 0.15) is 24.9 Å². The first-order chi connectivity index (χ1) is 9.42. The molecule has 2 N–H and O–H groups in total. The summed E-state index contributed by atoms with van der Waals surface area (Å²) in [6, 6.07) is 5.79. The van der Waals surface area contributed by atoms with Crippen molar-refractivity contribution >= 4 is 5.96 Å². The van der Waals surface area contributed by atoms with Crippen LogP contribution in [0.3, 0.4) is 0 Å². The SMILES string of the molecule is CCCN1C(N)=NCC1c1ccccc1OC(F)(F)F. The number of nitrogens with two attached hydrogens (primary N) is 1. The average molecular weight is 287 g/mol. The maximum atomic E-state index is 12.4. The molecule has 7 heteroatoms. The van der Waals surface area contributed by atoms with Gasteiger partial charge in [0.1, 0.15) is 5.75 Å². The molecule has 0 saturated heterocycles. The Hall–Kier alpha value is -1.92. The number of halogens is 3. The molecular formula is C13H16F3N3O. The van der Waals surface area contributed by atoms with Crippen LogP contribution in [-0.4, -0.2) is 30.3 Å². The average Bonchev–Trinajstić information content (AvgIpc) is 2.71. The van der Waals surface area contributed by atoms with Crippen LogP contribution < -0.4 is 10.5 Å². The van der Waals surface area contributed by atoms with Gasteiger partial charge in [0.15, 0.2) is 5.96 Å². The monoisotopic (exact) mass is 287 g/mol. The first-order valence-electron chi connectivity index (χ1n) is 6.33. The van der Waals surface area contributed by atoms with Crippen molar-refractivity contribution in [3.05, 3.63) is 29.8 Å². The summed E-state index contributed by atoms with van der Waals surface area (Å²) in [5, 5.41) is 0. The van der Waals surface area contributed by atoms with Gasteiger partial charge < -0.3 is 15.4 Å². The van der Waals surface area contributed by atoms with Crippen molar-refractivity contribution in [2.75, 3.05) is 13.1 Å². The number of guanidine groups is 1. The van der Waals surface area contributed by atoms with Gasteiger partial charge in [-0.25, -0.2) is 0 Å². The van der Waals surface area contributed by atoms with E-state index in [0.29, 0.717) is 24.6 Å². The highest BCUT2D eigenvalue weighted by Crippen LogP contribution is 2.35. The van der Waals surface area contributed by atoms with Crippen LogP contribution >= 0.6 is 0 Å². The smallest absolute Gasteiger partial charge is 0.405 e. The molecule has 0 amide bonds. The maximum Gasteiger partial charge on any atom is 0.573 e. The van der Waals surface area contributed by atoms with Crippen molar-refractivity contribution in [1.29, 1.82) is 0 Å². The Bertz CT molecular complexity index is 502. The topological polar surface area (TPSA) is 50.8 Å². The molecule has 0 aliphatic carbocycles. The van der Waals surface area contributed by atoms with Crippen LogP contribution in [0.25, 0.3) is 0 Å². The standard InChI is InChI=1S/C13H16F3N3O/c1-2-7-19-10(8-18-12(19)17)9-5-3-4-6-11(9)20-13(14,15)16/h3-6,10H,2,7-8H2,1H3,(H2,17,18). The molecule has 1 aromatic rings. The van der Waals surface area contributed by atoms with Crippen LogP contribution in [0.2, 0.25) is 0 Å². The molecule has 20 heavy (non-hydrogen) atoms. The van der Waals surface area contributed by atoms with Crippen molar-refractivity contribution in [3.63, 3.8) is 0 Å². The van der Waals surface area contributed by atoms with Gasteiger partial charge in [0.25, 0.3) is 0 Å². The molecule has 0 radical (unpaired) electrons. The number of rotatable bonds is 4. The fourth-order valence-corrected chi connectivity index (χ4v) is 2.28. The molecule has 0 spiro atoms. The summed E-state index contributed by atoms with van der Waals surface area (Å²) in [4.78, 5) is 5.92. The van der Waals surface area contributed by atoms with E-state index in [2.05, 4.69) is 9.73 Å². The third kappa shape index (κ3) is 3.15. The first kappa shape index (κ1) is 14.5. The molecule has 4 nitrogen and oxygen atoms in total. The molecule has 110 valence electrons. The van der Waals surface area contributed by atoms with Crippen molar-refractivity contribution in [2.45, 2.75) is 25.7 Å². The maximum absolute atomic E-state index is 12.4. The highest BCUT2D eigenvalue weighted by Gasteiger charge is 2.35. The Morgan fingerprint density at radius 3 is 2.75 bits per heavy atom. The zero-order chi connectivity index (χ0) is 14.8. The predicted octanol–water partition coefficient (Wildman–Crippen LogP) is 2.67. The fourth-order valence-electron chi connectivity index (χ4n) is 2.28. The van der Waals surface area contributed by atoms with Crippen LogP contribution in [-0.2, 0) is 0 Å². The Balaban J connectivity index is 2.29.